The van der Waals surface area contributed by atoms with Crippen molar-refractivity contribution in [1.29, 1.82) is 0 Å². The van der Waals surface area contributed by atoms with Crippen LogP contribution in [0.25, 0.3) is 0 Å². The van der Waals surface area contributed by atoms with E-state index in [0.717, 1.165) is 12.5 Å². The zero-order chi connectivity index (χ0) is 8.10. The summed E-state index contributed by atoms with van der Waals surface area (Å²) in [6.07, 6.45) is 8.62. The highest BCUT2D eigenvalue weighted by molar-refractivity contribution is 4.90. The van der Waals surface area contributed by atoms with Crippen LogP contribution >= 0.6 is 0 Å². The van der Waals surface area contributed by atoms with E-state index in [1.807, 2.05) is 0 Å². The predicted molar refractivity (Wildman–Crippen MR) is 49.7 cm³/mol. The molecule has 0 radical (unpaired) electrons. The summed E-state index contributed by atoms with van der Waals surface area (Å²) >= 11 is 0. The molecule has 1 rings (SSSR count). The first kappa shape index (κ1) is 8.79. The molecule has 0 fully saturated rings. The van der Waals surface area contributed by atoms with Crippen molar-refractivity contribution < 1.29 is 0 Å². The third-order valence-electron chi connectivity index (χ3n) is 2.32. The molecule has 0 aromatic carbocycles. The van der Waals surface area contributed by atoms with Gasteiger partial charge in [-0.2, -0.15) is 0 Å². The smallest absolute Gasteiger partial charge is 0.0160 e. The molecule has 0 saturated carbocycles. The predicted octanol–water partition coefficient (Wildman–Crippen LogP) is 2.29. The number of allylic oxidation sites excluding steroid dienone is 1. The molecule has 0 saturated heterocycles. The van der Waals surface area contributed by atoms with Crippen LogP contribution in [0, 0.1) is 5.92 Å². The molecule has 64 valence electrons. The molecule has 0 aliphatic carbocycles. The minimum atomic E-state index is 0.906. The number of nitrogens with zero attached hydrogens (tertiary/aromatic N) is 1. The number of rotatable bonds is 2. The molecule has 11 heavy (non-hydrogen) atoms. The third kappa shape index (κ3) is 3.06. The highest BCUT2D eigenvalue weighted by Gasteiger charge is 2.10. The largest absolute Gasteiger partial charge is 0.302 e. The normalized spacial score (nSPS) is 26.9. The van der Waals surface area contributed by atoms with Crippen LogP contribution in [-0.2, 0) is 0 Å². The van der Waals surface area contributed by atoms with Crippen LogP contribution in [0.4, 0.5) is 0 Å². The van der Waals surface area contributed by atoms with E-state index in [1.54, 1.807) is 0 Å². The van der Waals surface area contributed by atoms with Crippen molar-refractivity contribution in [2.45, 2.75) is 26.2 Å². The van der Waals surface area contributed by atoms with Gasteiger partial charge < -0.3 is 4.90 Å². The summed E-state index contributed by atoms with van der Waals surface area (Å²) in [5.41, 5.74) is 0. The SMILES string of the molecule is CCCC1CC=CCN(C)C1. The summed E-state index contributed by atoms with van der Waals surface area (Å²) < 4.78 is 0. The van der Waals surface area contributed by atoms with E-state index >= 15 is 0 Å². The average molecular weight is 153 g/mol. The van der Waals surface area contributed by atoms with Crippen molar-refractivity contribution in [3.63, 3.8) is 0 Å². The van der Waals surface area contributed by atoms with Crippen molar-refractivity contribution in [1.82, 2.24) is 4.90 Å². The molecular weight excluding hydrogens is 134 g/mol. The van der Waals surface area contributed by atoms with Crippen molar-refractivity contribution in [3.8, 4) is 0 Å². The van der Waals surface area contributed by atoms with Crippen molar-refractivity contribution in [3.05, 3.63) is 12.2 Å². The van der Waals surface area contributed by atoms with Gasteiger partial charge in [-0.3, -0.25) is 0 Å². The van der Waals surface area contributed by atoms with E-state index in [9.17, 15) is 0 Å². The van der Waals surface area contributed by atoms with Crippen LogP contribution in [0.15, 0.2) is 12.2 Å². The Morgan fingerprint density at radius 2 is 2.27 bits per heavy atom. The fourth-order valence-corrected chi connectivity index (χ4v) is 1.75. The van der Waals surface area contributed by atoms with Gasteiger partial charge >= 0.3 is 0 Å². The van der Waals surface area contributed by atoms with Gasteiger partial charge in [0.2, 0.25) is 0 Å². The Kier molecular flexibility index (Phi) is 3.64. The van der Waals surface area contributed by atoms with Gasteiger partial charge in [0.25, 0.3) is 0 Å². The number of hydrogen-bond donors (Lipinski definition) is 0. The molecular formula is C10H19N. The molecule has 0 bridgehead atoms. The molecule has 0 N–H and O–H groups in total. The Morgan fingerprint density at radius 1 is 1.45 bits per heavy atom. The fourth-order valence-electron chi connectivity index (χ4n) is 1.75. The van der Waals surface area contributed by atoms with Gasteiger partial charge in [-0.1, -0.05) is 25.5 Å². The average Bonchev–Trinajstić information content (AvgIpc) is 2.15. The Labute approximate surface area is 70.1 Å². The third-order valence-corrected chi connectivity index (χ3v) is 2.32. The zero-order valence-electron chi connectivity index (χ0n) is 7.71. The molecule has 0 aromatic rings. The van der Waals surface area contributed by atoms with Crippen LogP contribution in [0.1, 0.15) is 26.2 Å². The maximum absolute atomic E-state index is 2.41. The second kappa shape index (κ2) is 4.55. The maximum Gasteiger partial charge on any atom is 0.0160 e. The van der Waals surface area contributed by atoms with E-state index in [1.165, 1.54) is 25.8 Å². The molecule has 1 heteroatoms. The second-order valence-electron chi connectivity index (χ2n) is 3.58. The zero-order valence-corrected chi connectivity index (χ0v) is 7.71. The fraction of sp³-hybridized carbons (Fsp3) is 0.800. The molecule has 1 nitrogen and oxygen atoms in total. The minimum absolute atomic E-state index is 0.906. The first-order chi connectivity index (χ1) is 5.33. The Balaban J connectivity index is 2.34. The van der Waals surface area contributed by atoms with Crippen LogP contribution < -0.4 is 0 Å². The summed E-state index contributed by atoms with van der Waals surface area (Å²) in [5, 5.41) is 0. The molecule has 1 aliphatic heterocycles. The van der Waals surface area contributed by atoms with Crippen molar-refractivity contribution in [2.24, 2.45) is 5.92 Å². The Morgan fingerprint density at radius 3 is 3.00 bits per heavy atom. The quantitative estimate of drug-likeness (QED) is 0.550. The van der Waals surface area contributed by atoms with E-state index in [0.29, 0.717) is 0 Å². The minimum Gasteiger partial charge on any atom is -0.302 e. The summed E-state index contributed by atoms with van der Waals surface area (Å²) in [6.45, 7) is 4.69. The van der Waals surface area contributed by atoms with E-state index in [2.05, 4.69) is 31.0 Å². The lowest BCUT2D eigenvalue weighted by Crippen LogP contribution is -2.23. The molecule has 1 unspecified atom stereocenters. The summed E-state index contributed by atoms with van der Waals surface area (Å²) in [6, 6.07) is 0. The molecule has 0 amide bonds. The van der Waals surface area contributed by atoms with Gasteiger partial charge in [0.15, 0.2) is 0 Å². The lowest BCUT2D eigenvalue weighted by atomic mass is 10.0. The van der Waals surface area contributed by atoms with Crippen LogP contribution in [-0.4, -0.2) is 25.0 Å². The first-order valence-corrected chi connectivity index (χ1v) is 4.66. The summed E-state index contributed by atoms with van der Waals surface area (Å²) in [5.74, 6) is 0.906. The molecule has 0 aromatic heterocycles. The maximum atomic E-state index is 2.41. The van der Waals surface area contributed by atoms with E-state index in [4.69, 9.17) is 0 Å². The summed E-state index contributed by atoms with van der Waals surface area (Å²) in [7, 11) is 2.21. The van der Waals surface area contributed by atoms with E-state index in [-0.39, 0.29) is 0 Å². The first-order valence-electron chi connectivity index (χ1n) is 4.66. The van der Waals surface area contributed by atoms with Crippen LogP contribution in [0.2, 0.25) is 0 Å². The van der Waals surface area contributed by atoms with Crippen molar-refractivity contribution >= 4 is 0 Å². The Hall–Kier alpha value is -0.300. The van der Waals surface area contributed by atoms with E-state index < -0.39 is 0 Å². The lowest BCUT2D eigenvalue weighted by molar-refractivity contribution is 0.297. The van der Waals surface area contributed by atoms with Crippen LogP contribution in [0.5, 0.6) is 0 Å². The van der Waals surface area contributed by atoms with Gasteiger partial charge in [0.1, 0.15) is 0 Å². The number of hydrogen-bond acceptors (Lipinski definition) is 1. The van der Waals surface area contributed by atoms with Gasteiger partial charge in [0, 0.05) is 13.1 Å². The topological polar surface area (TPSA) is 3.24 Å². The number of likely N-dealkylation sites (N-methyl/N-ethyl adjacent to an activating group) is 1. The highest BCUT2D eigenvalue weighted by atomic mass is 15.1. The van der Waals surface area contributed by atoms with Crippen LogP contribution in [0.3, 0.4) is 0 Å². The molecule has 1 heterocycles. The monoisotopic (exact) mass is 153 g/mol. The molecule has 1 aliphatic rings. The standard InChI is InChI=1S/C10H19N/c1-3-6-10-7-4-5-8-11(2)9-10/h4-5,10H,3,6-9H2,1-2H3. The Bertz CT molecular complexity index is 129. The molecule has 1 atom stereocenters. The van der Waals surface area contributed by atoms with Crippen molar-refractivity contribution in [2.75, 3.05) is 20.1 Å². The van der Waals surface area contributed by atoms with Gasteiger partial charge in [-0.05, 0) is 25.8 Å². The van der Waals surface area contributed by atoms with Gasteiger partial charge in [0.05, 0.1) is 0 Å². The molecule has 0 spiro atoms. The van der Waals surface area contributed by atoms with Gasteiger partial charge in [-0.15, -0.1) is 0 Å². The lowest BCUT2D eigenvalue weighted by Gasteiger charge is -2.18. The summed E-state index contributed by atoms with van der Waals surface area (Å²) in [4.78, 5) is 2.41. The highest BCUT2D eigenvalue weighted by Crippen LogP contribution is 2.15. The second-order valence-corrected chi connectivity index (χ2v) is 3.58. The van der Waals surface area contributed by atoms with Gasteiger partial charge in [-0.25, -0.2) is 0 Å².